The van der Waals surface area contributed by atoms with Crippen molar-refractivity contribution in [2.24, 2.45) is 17.1 Å². The molecule has 0 spiro atoms. The summed E-state index contributed by atoms with van der Waals surface area (Å²) in [6, 6.07) is 0. The molecule has 0 aromatic carbocycles. The van der Waals surface area contributed by atoms with Gasteiger partial charge in [-0.2, -0.15) is 0 Å². The van der Waals surface area contributed by atoms with Crippen LogP contribution in [0, 0.1) is 11.3 Å². The molecule has 1 saturated heterocycles. The topological polar surface area (TPSA) is 46.3 Å². The average Bonchev–Trinajstić information content (AvgIpc) is 2.35. The van der Waals surface area contributed by atoms with Crippen LogP contribution in [0.1, 0.15) is 65.7 Å². The lowest BCUT2D eigenvalue weighted by molar-refractivity contribution is -0.134. The van der Waals surface area contributed by atoms with Crippen LogP contribution in [0.5, 0.6) is 0 Å². The number of piperidine rings is 1. The lowest BCUT2D eigenvalue weighted by Gasteiger charge is -2.38. The summed E-state index contributed by atoms with van der Waals surface area (Å²) in [6.07, 6.45) is 7.57. The van der Waals surface area contributed by atoms with Crippen LogP contribution in [0.4, 0.5) is 0 Å². The molecular formula is C16H32N2O. The summed E-state index contributed by atoms with van der Waals surface area (Å²) in [5.41, 5.74) is 5.95. The van der Waals surface area contributed by atoms with Gasteiger partial charge in [0.15, 0.2) is 0 Å². The minimum atomic E-state index is 0.300. The first-order valence-electron chi connectivity index (χ1n) is 7.96. The van der Waals surface area contributed by atoms with Crippen LogP contribution >= 0.6 is 0 Å². The van der Waals surface area contributed by atoms with Crippen molar-refractivity contribution in [3.05, 3.63) is 0 Å². The summed E-state index contributed by atoms with van der Waals surface area (Å²) in [4.78, 5) is 14.4. The van der Waals surface area contributed by atoms with Gasteiger partial charge in [-0.3, -0.25) is 4.79 Å². The second-order valence-electron chi connectivity index (χ2n) is 6.85. The predicted molar refractivity (Wildman–Crippen MR) is 80.9 cm³/mol. The molecule has 1 unspecified atom stereocenters. The monoisotopic (exact) mass is 268 g/mol. The van der Waals surface area contributed by atoms with Gasteiger partial charge >= 0.3 is 0 Å². The van der Waals surface area contributed by atoms with E-state index in [1.807, 2.05) is 0 Å². The van der Waals surface area contributed by atoms with E-state index >= 15 is 0 Å². The number of amides is 1. The standard InChI is InChI=1S/C16H32N2O/c1-4-6-14(9-11-17)7-8-15(19)18-12-5-10-16(2,3)13-18/h14H,4-13,17H2,1-3H3. The van der Waals surface area contributed by atoms with Crippen LogP contribution in [-0.2, 0) is 4.79 Å². The second kappa shape index (κ2) is 7.88. The van der Waals surface area contributed by atoms with Crippen LogP contribution < -0.4 is 5.73 Å². The first-order valence-corrected chi connectivity index (χ1v) is 7.96. The van der Waals surface area contributed by atoms with Crippen LogP contribution in [-0.4, -0.2) is 30.4 Å². The van der Waals surface area contributed by atoms with Crippen molar-refractivity contribution in [1.29, 1.82) is 0 Å². The summed E-state index contributed by atoms with van der Waals surface area (Å²) in [6.45, 7) is 9.37. The maximum atomic E-state index is 12.3. The van der Waals surface area contributed by atoms with Crippen molar-refractivity contribution >= 4 is 5.91 Å². The van der Waals surface area contributed by atoms with Crippen LogP contribution in [0.25, 0.3) is 0 Å². The Labute approximate surface area is 118 Å². The van der Waals surface area contributed by atoms with Crippen molar-refractivity contribution < 1.29 is 4.79 Å². The molecule has 1 amide bonds. The fourth-order valence-electron chi connectivity index (χ4n) is 3.20. The van der Waals surface area contributed by atoms with Crippen molar-refractivity contribution in [1.82, 2.24) is 4.90 Å². The molecule has 0 aromatic heterocycles. The van der Waals surface area contributed by atoms with E-state index in [4.69, 9.17) is 5.73 Å². The molecule has 1 rings (SSSR count). The maximum absolute atomic E-state index is 12.3. The Balaban J connectivity index is 2.37. The molecule has 1 aliphatic heterocycles. The highest BCUT2D eigenvalue weighted by molar-refractivity contribution is 5.76. The van der Waals surface area contributed by atoms with Gasteiger partial charge in [-0.25, -0.2) is 0 Å². The second-order valence-corrected chi connectivity index (χ2v) is 6.85. The van der Waals surface area contributed by atoms with Gasteiger partial charge in [-0.15, -0.1) is 0 Å². The Hall–Kier alpha value is -0.570. The Morgan fingerprint density at radius 2 is 2.05 bits per heavy atom. The van der Waals surface area contributed by atoms with E-state index in [-0.39, 0.29) is 0 Å². The Bertz CT molecular complexity index is 270. The summed E-state index contributed by atoms with van der Waals surface area (Å²) in [5, 5.41) is 0. The van der Waals surface area contributed by atoms with Crippen molar-refractivity contribution in [2.45, 2.75) is 65.7 Å². The van der Waals surface area contributed by atoms with Gasteiger partial charge in [0.05, 0.1) is 0 Å². The van der Waals surface area contributed by atoms with Crippen molar-refractivity contribution in [3.8, 4) is 0 Å². The highest BCUT2D eigenvalue weighted by atomic mass is 16.2. The van der Waals surface area contributed by atoms with E-state index < -0.39 is 0 Å². The molecule has 0 saturated carbocycles. The van der Waals surface area contributed by atoms with Gasteiger partial charge in [-0.1, -0.05) is 33.6 Å². The number of carbonyl (C=O) groups excluding carboxylic acids is 1. The molecule has 2 N–H and O–H groups in total. The summed E-state index contributed by atoms with van der Waals surface area (Å²) < 4.78 is 0. The third kappa shape index (κ3) is 5.94. The minimum absolute atomic E-state index is 0.300. The zero-order chi connectivity index (χ0) is 14.3. The molecular weight excluding hydrogens is 236 g/mol. The first kappa shape index (κ1) is 16.5. The van der Waals surface area contributed by atoms with E-state index in [1.165, 1.54) is 19.3 Å². The molecule has 0 bridgehead atoms. The maximum Gasteiger partial charge on any atom is 0.222 e. The fourth-order valence-corrected chi connectivity index (χ4v) is 3.20. The quantitative estimate of drug-likeness (QED) is 0.771. The highest BCUT2D eigenvalue weighted by Gasteiger charge is 2.28. The first-order chi connectivity index (χ1) is 8.98. The SMILES string of the molecule is CCCC(CCN)CCC(=O)N1CCCC(C)(C)C1. The van der Waals surface area contributed by atoms with Crippen LogP contribution in [0.3, 0.4) is 0 Å². The van der Waals surface area contributed by atoms with Gasteiger partial charge in [0, 0.05) is 19.5 Å². The Morgan fingerprint density at radius 3 is 2.63 bits per heavy atom. The number of hydrogen-bond donors (Lipinski definition) is 1. The van der Waals surface area contributed by atoms with Gasteiger partial charge in [0.25, 0.3) is 0 Å². The number of nitrogens with zero attached hydrogens (tertiary/aromatic N) is 1. The van der Waals surface area contributed by atoms with Crippen molar-refractivity contribution in [3.63, 3.8) is 0 Å². The smallest absolute Gasteiger partial charge is 0.222 e. The summed E-state index contributed by atoms with van der Waals surface area (Å²) in [7, 11) is 0. The largest absolute Gasteiger partial charge is 0.342 e. The number of rotatable bonds is 7. The molecule has 1 aliphatic rings. The molecule has 1 fully saturated rings. The summed E-state index contributed by atoms with van der Waals surface area (Å²) in [5.74, 6) is 0.989. The zero-order valence-electron chi connectivity index (χ0n) is 13.1. The van der Waals surface area contributed by atoms with E-state index in [0.29, 0.717) is 23.7 Å². The lowest BCUT2D eigenvalue weighted by atomic mass is 9.84. The zero-order valence-corrected chi connectivity index (χ0v) is 13.1. The molecule has 3 nitrogen and oxygen atoms in total. The van der Waals surface area contributed by atoms with E-state index in [1.54, 1.807) is 0 Å². The van der Waals surface area contributed by atoms with E-state index in [2.05, 4.69) is 25.7 Å². The van der Waals surface area contributed by atoms with Crippen molar-refractivity contribution in [2.75, 3.05) is 19.6 Å². The Morgan fingerprint density at radius 1 is 1.32 bits per heavy atom. The molecule has 3 heteroatoms. The normalized spacial score (nSPS) is 20.3. The molecule has 0 radical (unpaired) electrons. The molecule has 0 aliphatic carbocycles. The average molecular weight is 268 g/mol. The lowest BCUT2D eigenvalue weighted by Crippen LogP contribution is -2.43. The highest BCUT2D eigenvalue weighted by Crippen LogP contribution is 2.29. The number of likely N-dealkylation sites (tertiary alicyclic amines) is 1. The third-order valence-corrected chi connectivity index (χ3v) is 4.29. The van der Waals surface area contributed by atoms with Gasteiger partial charge in [0.1, 0.15) is 0 Å². The van der Waals surface area contributed by atoms with E-state index in [0.717, 1.165) is 38.9 Å². The summed E-state index contributed by atoms with van der Waals surface area (Å²) >= 11 is 0. The van der Waals surface area contributed by atoms with Crippen LogP contribution in [0.2, 0.25) is 0 Å². The fraction of sp³-hybridized carbons (Fsp3) is 0.938. The third-order valence-electron chi connectivity index (χ3n) is 4.29. The molecule has 0 aromatic rings. The number of carbonyl (C=O) groups is 1. The number of hydrogen-bond acceptors (Lipinski definition) is 2. The van der Waals surface area contributed by atoms with E-state index in [9.17, 15) is 4.79 Å². The minimum Gasteiger partial charge on any atom is -0.342 e. The molecule has 1 atom stereocenters. The molecule has 1 heterocycles. The predicted octanol–water partition coefficient (Wildman–Crippen LogP) is 3.18. The van der Waals surface area contributed by atoms with Gasteiger partial charge < -0.3 is 10.6 Å². The van der Waals surface area contributed by atoms with Crippen LogP contribution in [0.15, 0.2) is 0 Å². The molecule has 112 valence electrons. The molecule has 19 heavy (non-hydrogen) atoms. The van der Waals surface area contributed by atoms with Gasteiger partial charge in [0.2, 0.25) is 5.91 Å². The van der Waals surface area contributed by atoms with Gasteiger partial charge in [-0.05, 0) is 43.6 Å². The Kier molecular flexibility index (Phi) is 6.84. The number of nitrogens with two attached hydrogens (primary N) is 1.